The van der Waals surface area contributed by atoms with E-state index in [1.165, 1.54) is 22.4 Å². The summed E-state index contributed by atoms with van der Waals surface area (Å²) in [7, 11) is 0. The van der Waals surface area contributed by atoms with E-state index >= 15 is 0 Å². The molecule has 0 aliphatic heterocycles. The van der Waals surface area contributed by atoms with Gasteiger partial charge in [-0.05, 0) is 44.2 Å². The van der Waals surface area contributed by atoms with E-state index in [9.17, 15) is 4.79 Å². The Morgan fingerprint density at radius 2 is 1.70 bits per heavy atom. The molecule has 1 rings (SSSR count). The smallest absolute Gasteiger partial charge is 0.305 e. The molecule has 0 aliphatic carbocycles. The summed E-state index contributed by atoms with van der Waals surface area (Å²) < 4.78 is 0. The summed E-state index contributed by atoms with van der Waals surface area (Å²) in [6.45, 7) is 12.2. The Morgan fingerprint density at radius 1 is 1.15 bits per heavy atom. The number of aryl methyl sites for hydroxylation is 3. The van der Waals surface area contributed by atoms with Gasteiger partial charge < -0.3 is 10.0 Å². The normalized spacial score (nSPS) is 10.9. The summed E-state index contributed by atoms with van der Waals surface area (Å²) in [6.07, 6.45) is 1.26. The highest BCUT2D eigenvalue weighted by atomic mass is 16.4. The number of carboxylic acid groups (broad SMARTS) is 1. The van der Waals surface area contributed by atoms with Gasteiger partial charge in [0.1, 0.15) is 0 Å². The molecule has 0 saturated heterocycles. The van der Waals surface area contributed by atoms with E-state index < -0.39 is 5.97 Å². The van der Waals surface area contributed by atoms with Crippen LogP contribution in [0, 0.1) is 26.7 Å². The molecule has 0 bridgehead atoms. The fraction of sp³-hybridized carbons (Fsp3) is 0.588. The van der Waals surface area contributed by atoms with Crippen LogP contribution >= 0.6 is 0 Å². The Labute approximate surface area is 122 Å². The molecule has 1 N–H and O–H groups in total. The standard InChI is InChI=1S/C17H27NO2/c1-12(2)6-8-18(9-7-16(19)20)17-14(4)10-13(3)11-15(17)5/h10-12H,6-9H2,1-5H3,(H,19,20). The average molecular weight is 277 g/mol. The minimum atomic E-state index is -0.734. The van der Waals surface area contributed by atoms with Gasteiger partial charge in [0.15, 0.2) is 0 Å². The molecule has 0 spiro atoms. The third kappa shape index (κ3) is 4.87. The van der Waals surface area contributed by atoms with Gasteiger partial charge in [0.05, 0.1) is 6.42 Å². The van der Waals surface area contributed by atoms with Gasteiger partial charge in [-0.15, -0.1) is 0 Å². The third-order valence-electron chi connectivity index (χ3n) is 3.52. The number of rotatable bonds is 7. The molecule has 0 atom stereocenters. The molecule has 1 aromatic rings. The lowest BCUT2D eigenvalue weighted by molar-refractivity contribution is -0.136. The van der Waals surface area contributed by atoms with Crippen LogP contribution in [0.3, 0.4) is 0 Å². The first-order valence-electron chi connectivity index (χ1n) is 7.35. The lowest BCUT2D eigenvalue weighted by Gasteiger charge is -2.29. The first-order chi connectivity index (χ1) is 9.31. The molecule has 0 unspecified atom stereocenters. The number of hydrogen-bond donors (Lipinski definition) is 1. The highest BCUT2D eigenvalue weighted by Gasteiger charge is 2.14. The van der Waals surface area contributed by atoms with Gasteiger partial charge in [-0.1, -0.05) is 31.5 Å². The second-order valence-electron chi connectivity index (χ2n) is 6.06. The molecular weight excluding hydrogens is 250 g/mol. The van der Waals surface area contributed by atoms with Crippen molar-refractivity contribution in [3.05, 3.63) is 28.8 Å². The van der Waals surface area contributed by atoms with Gasteiger partial charge in [0.25, 0.3) is 0 Å². The summed E-state index contributed by atoms with van der Waals surface area (Å²) >= 11 is 0. The number of benzene rings is 1. The van der Waals surface area contributed by atoms with Gasteiger partial charge in [-0.25, -0.2) is 0 Å². The lowest BCUT2D eigenvalue weighted by atomic mass is 10.0. The molecule has 3 nitrogen and oxygen atoms in total. The van der Waals surface area contributed by atoms with E-state index in [1.54, 1.807) is 0 Å². The van der Waals surface area contributed by atoms with Crippen molar-refractivity contribution in [1.29, 1.82) is 0 Å². The van der Waals surface area contributed by atoms with Crippen LogP contribution in [0.5, 0.6) is 0 Å². The highest BCUT2D eigenvalue weighted by molar-refractivity contribution is 5.68. The molecule has 20 heavy (non-hydrogen) atoms. The second kappa shape index (κ2) is 7.32. The number of nitrogens with zero attached hydrogens (tertiary/aromatic N) is 1. The first-order valence-corrected chi connectivity index (χ1v) is 7.35. The van der Waals surface area contributed by atoms with Gasteiger partial charge in [-0.2, -0.15) is 0 Å². The molecular formula is C17H27NO2. The van der Waals surface area contributed by atoms with Gasteiger partial charge >= 0.3 is 5.97 Å². The molecule has 112 valence electrons. The van der Waals surface area contributed by atoms with E-state index in [4.69, 9.17) is 5.11 Å². The molecule has 0 aromatic heterocycles. The molecule has 0 aliphatic rings. The maximum Gasteiger partial charge on any atom is 0.305 e. The van der Waals surface area contributed by atoms with Gasteiger partial charge in [0, 0.05) is 18.8 Å². The van der Waals surface area contributed by atoms with Crippen LogP contribution in [0.25, 0.3) is 0 Å². The largest absolute Gasteiger partial charge is 0.481 e. The minimum absolute atomic E-state index is 0.185. The predicted molar refractivity (Wildman–Crippen MR) is 84.6 cm³/mol. The zero-order valence-corrected chi connectivity index (χ0v) is 13.4. The fourth-order valence-corrected chi connectivity index (χ4v) is 2.65. The quantitative estimate of drug-likeness (QED) is 0.820. The van der Waals surface area contributed by atoms with Crippen LogP contribution in [-0.4, -0.2) is 24.2 Å². The minimum Gasteiger partial charge on any atom is -0.481 e. The SMILES string of the molecule is Cc1cc(C)c(N(CCC(=O)O)CCC(C)C)c(C)c1. The molecule has 3 heteroatoms. The topological polar surface area (TPSA) is 40.5 Å². The summed E-state index contributed by atoms with van der Waals surface area (Å²) in [4.78, 5) is 13.1. The summed E-state index contributed by atoms with van der Waals surface area (Å²) in [5.74, 6) is -0.115. The van der Waals surface area contributed by atoms with Crippen molar-refractivity contribution in [3.63, 3.8) is 0 Å². The highest BCUT2D eigenvalue weighted by Crippen LogP contribution is 2.27. The lowest BCUT2D eigenvalue weighted by Crippen LogP contribution is -2.29. The Bertz CT molecular complexity index is 443. The Hall–Kier alpha value is -1.51. The number of carboxylic acids is 1. The molecule has 0 heterocycles. The van der Waals surface area contributed by atoms with Crippen LogP contribution in [0.1, 0.15) is 43.4 Å². The zero-order valence-electron chi connectivity index (χ0n) is 13.4. The van der Waals surface area contributed by atoms with Crippen LogP contribution in [-0.2, 0) is 4.79 Å². The van der Waals surface area contributed by atoms with Crippen molar-refractivity contribution in [2.75, 3.05) is 18.0 Å². The molecule has 0 fully saturated rings. The Kier molecular flexibility index (Phi) is 6.05. The van der Waals surface area contributed by atoms with E-state index in [2.05, 4.69) is 51.7 Å². The average Bonchev–Trinajstić information content (AvgIpc) is 2.29. The van der Waals surface area contributed by atoms with E-state index in [1.807, 2.05) is 0 Å². The van der Waals surface area contributed by atoms with Crippen molar-refractivity contribution in [3.8, 4) is 0 Å². The van der Waals surface area contributed by atoms with Crippen molar-refractivity contribution < 1.29 is 9.90 Å². The monoisotopic (exact) mass is 277 g/mol. The first kappa shape index (κ1) is 16.5. The maximum absolute atomic E-state index is 10.9. The Balaban J connectivity index is 2.99. The van der Waals surface area contributed by atoms with Crippen molar-refractivity contribution >= 4 is 11.7 Å². The van der Waals surface area contributed by atoms with Crippen molar-refractivity contribution in [2.45, 2.75) is 47.5 Å². The number of carbonyl (C=O) groups is 1. The van der Waals surface area contributed by atoms with E-state index in [0.29, 0.717) is 12.5 Å². The number of aliphatic carboxylic acids is 1. The molecule has 0 saturated carbocycles. The summed E-state index contributed by atoms with van der Waals surface area (Å²) in [5, 5.41) is 8.94. The van der Waals surface area contributed by atoms with E-state index in [-0.39, 0.29) is 6.42 Å². The summed E-state index contributed by atoms with van der Waals surface area (Å²) in [6, 6.07) is 4.34. The third-order valence-corrected chi connectivity index (χ3v) is 3.52. The predicted octanol–water partition coefficient (Wildman–Crippen LogP) is 3.94. The van der Waals surface area contributed by atoms with Crippen molar-refractivity contribution in [2.24, 2.45) is 5.92 Å². The molecule has 0 amide bonds. The van der Waals surface area contributed by atoms with Gasteiger partial charge in [0.2, 0.25) is 0 Å². The fourth-order valence-electron chi connectivity index (χ4n) is 2.65. The van der Waals surface area contributed by atoms with Crippen LogP contribution in [0.4, 0.5) is 5.69 Å². The number of anilines is 1. The Morgan fingerprint density at radius 3 is 2.15 bits per heavy atom. The maximum atomic E-state index is 10.9. The van der Waals surface area contributed by atoms with Gasteiger partial charge in [-0.3, -0.25) is 4.79 Å². The zero-order chi connectivity index (χ0) is 15.3. The van der Waals surface area contributed by atoms with Crippen LogP contribution < -0.4 is 4.90 Å². The van der Waals surface area contributed by atoms with E-state index in [0.717, 1.165) is 13.0 Å². The number of hydrogen-bond acceptors (Lipinski definition) is 2. The molecule has 0 radical (unpaired) electrons. The second-order valence-corrected chi connectivity index (χ2v) is 6.06. The van der Waals surface area contributed by atoms with Crippen LogP contribution in [0.15, 0.2) is 12.1 Å². The van der Waals surface area contributed by atoms with Crippen molar-refractivity contribution in [1.82, 2.24) is 0 Å². The van der Waals surface area contributed by atoms with Crippen LogP contribution in [0.2, 0.25) is 0 Å². The molecule has 1 aromatic carbocycles. The summed E-state index contributed by atoms with van der Waals surface area (Å²) in [5.41, 5.74) is 4.93.